The summed E-state index contributed by atoms with van der Waals surface area (Å²) < 4.78 is 23.8. The van der Waals surface area contributed by atoms with Crippen LogP contribution in [-0.4, -0.2) is 17.9 Å². The van der Waals surface area contributed by atoms with E-state index in [-0.39, 0.29) is 17.7 Å². The largest absolute Gasteiger partial charge is 0.454 e. The number of nitrogens with zero attached hydrogens (tertiary/aromatic N) is 1. The summed E-state index contributed by atoms with van der Waals surface area (Å²) in [6, 6.07) is 9.55. The van der Waals surface area contributed by atoms with Crippen molar-refractivity contribution in [3.8, 4) is 11.5 Å². The van der Waals surface area contributed by atoms with Crippen LogP contribution in [0.25, 0.3) is 6.08 Å². The SMILES string of the molecule is O=C1NC(=Nc2ccc(F)c(Cl)c2)S/C1=C\c1ccc2c(c1)OCO2. The predicted octanol–water partition coefficient (Wildman–Crippen LogP) is 4.10. The Kier molecular flexibility index (Phi) is 4.10. The highest BCUT2D eigenvalue weighted by Crippen LogP contribution is 2.35. The quantitative estimate of drug-likeness (QED) is 0.802. The zero-order valence-electron chi connectivity index (χ0n) is 12.6. The molecule has 2 aliphatic rings. The van der Waals surface area contributed by atoms with E-state index in [4.69, 9.17) is 21.1 Å². The molecule has 2 aromatic rings. The van der Waals surface area contributed by atoms with Gasteiger partial charge in [0.25, 0.3) is 5.91 Å². The van der Waals surface area contributed by atoms with E-state index in [1.807, 2.05) is 6.07 Å². The van der Waals surface area contributed by atoms with Gasteiger partial charge in [0.2, 0.25) is 6.79 Å². The Hall–Kier alpha value is -2.51. The van der Waals surface area contributed by atoms with Gasteiger partial charge >= 0.3 is 0 Å². The van der Waals surface area contributed by atoms with Gasteiger partial charge in [0.15, 0.2) is 16.7 Å². The van der Waals surface area contributed by atoms with Crippen molar-refractivity contribution in [2.75, 3.05) is 6.79 Å². The number of nitrogens with one attached hydrogen (secondary N) is 1. The van der Waals surface area contributed by atoms with Gasteiger partial charge < -0.3 is 14.8 Å². The molecular weight excluding hydrogens is 367 g/mol. The van der Waals surface area contributed by atoms with E-state index < -0.39 is 5.82 Å². The minimum absolute atomic E-state index is 0.0210. The minimum Gasteiger partial charge on any atom is -0.454 e. The third-order valence-electron chi connectivity index (χ3n) is 3.48. The second kappa shape index (κ2) is 6.42. The monoisotopic (exact) mass is 376 g/mol. The fourth-order valence-electron chi connectivity index (χ4n) is 2.31. The van der Waals surface area contributed by atoms with Crippen molar-refractivity contribution in [1.29, 1.82) is 0 Å². The zero-order valence-corrected chi connectivity index (χ0v) is 14.2. The lowest BCUT2D eigenvalue weighted by Gasteiger charge is -1.99. The Morgan fingerprint density at radius 1 is 1.20 bits per heavy atom. The number of thioether (sulfide) groups is 1. The molecule has 0 unspecified atom stereocenters. The first-order valence-electron chi connectivity index (χ1n) is 7.23. The van der Waals surface area contributed by atoms with Gasteiger partial charge in [-0.2, -0.15) is 0 Å². The summed E-state index contributed by atoms with van der Waals surface area (Å²) >= 11 is 6.93. The van der Waals surface area contributed by atoms with Crippen molar-refractivity contribution < 1.29 is 18.7 Å². The predicted molar refractivity (Wildman–Crippen MR) is 94.8 cm³/mol. The number of carbonyl (C=O) groups excluding carboxylic acids is 1. The van der Waals surface area contributed by atoms with E-state index in [0.29, 0.717) is 27.3 Å². The third kappa shape index (κ3) is 3.33. The lowest BCUT2D eigenvalue weighted by atomic mass is 10.2. The fraction of sp³-hybridized carbons (Fsp3) is 0.0588. The van der Waals surface area contributed by atoms with Gasteiger partial charge in [-0.25, -0.2) is 9.38 Å². The van der Waals surface area contributed by atoms with Crippen molar-refractivity contribution in [2.24, 2.45) is 4.99 Å². The van der Waals surface area contributed by atoms with Gasteiger partial charge in [0.05, 0.1) is 15.6 Å². The Balaban J connectivity index is 1.57. The molecular formula is C17H10ClFN2O3S. The summed E-state index contributed by atoms with van der Waals surface area (Å²) in [5, 5.41) is 3.05. The Bertz CT molecular complexity index is 945. The molecule has 0 saturated carbocycles. The van der Waals surface area contributed by atoms with Crippen LogP contribution >= 0.6 is 23.4 Å². The van der Waals surface area contributed by atoms with Gasteiger partial charge in [0.1, 0.15) is 5.82 Å². The van der Waals surface area contributed by atoms with E-state index in [1.165, 1.54) is 30.0 Å². The van der Waals surface area contributed by atoms with E-state index >= 15 is 0 Å². The van der Waals surface area contributed by atoms with Crippen LogP contribution < -0.4 is 14.8 Å². The van der Waals surface area contributed by atoms with Crippen LogP contribution in [0.5, 0.6) is 11.5 Å². The molecule has 8 heteroatoms. The number of halogens is 2. The summed E-state index contributed by atoms with van der Waals surface area (Å²) in [4.78, 5) is 16.9. The topological polar surface area (TPSA) is 59.9 Å². The normalized spacial score (nSPS) is 18.9. The summed E-state index contributed by atoms with van der Waals surface area (Å²) in [6.07, 6.45) is 1.74. The highest BCUT2D eigenvalue weighted by molar-refractivity contribution is 8.18. The average Bonchev–Trinajstić information content (AvgIpc) is 3.17. The number of carbonyl (C=O) groups is 1. The van der Waals surface area contributed by atoms with E-state index in [2.05, 4.69) is 10.3 Å². The molecule has 1 N–H and O–H groups in total. The second-order valence-corrected chi connectivity index (χ2v) is 6.63. The zero-order chi connectivity index (χ0) is 17.4. The van der Waals surface area contributed by atoms with E-state index in [9.17, 15) is 9.18 Å². The molecule has 0 aromatic heterocycles. The summed E-state index contributed by atoms with van der Waals surface area (Å²) in [6.45, 7) is 0.196. The van der Waals surface area contributed by atoms with E-state index in [0.717, 1.165) is 5.56 Å². The Morgan fingerprint density at radius 3 is 2.88 bits per heavy atom. The molecule has 1 fully saturated rings. The Morgan fingerprint density at radius 2 is 2.04 bits per heavy atom. The van der Waals surface area contributed by atoms with Crippen LogP contribution in [0.2, 0.25) is 5.02 Å². The number of hydrogen-bond donors (Lipinski definition) is 1. The maximum absolute atomic E-state index is 13.2. The molecule has 0 aliphatic carbocycles. The smallest absolute Gasteiger partial charge is 0.264 e. The molecule has 1 saturated heterocycles. The molecule has 4 rings (SSSR count). The standard InChI is InChI=1S/C17H10ClFN2O3S/c18-11-7-10(2-3-12(11)19)20-17-21-16(22)15(25-17)6-9-1-4-13-14(5-9)24-8-23-13/h1-7H,8H2,(H,20,21,22)/b15-6-. The Labute approximate surface area is 151 Å². The van der Waals surface area contributed by atoms with Crippen LogP contribution in [0.4, 0.5) is 10.1 Å². The summed E-state index contributed by atoms with van der Waals surface area (Å²) in [5.74, 6) is 0.556. The number of benzene rings is 2. The molecule has 1 amide bonds. The van der Waals surface area contributed by atoms with Crippen LogP contribution in [0, 0.1) is 5.82 Å². The molecule has 5 nitrogen and oxygen atoms in total. The molecule has 25 heavy (non-hydrogen) atoms. The van der Waals surface area contributed by atoms with Gasteiger partial charge in [-0.3, -0.25) is 4.79 Å². The molecule has 0 bridgehead atoms. The maximum atomic E-state index is 13.2. The fourth-order valence-corrected chi connectivity index (χ4v) is 3.32. The number of rotatable bonds is 2. The highest BCUT2D eigenvalue weighted by Gasteiger charge is 2.24. The van der Waals surface area contributed by atoms with Crippen LogP contribution in [-0.2, 0) is 4.79 Å². The number of fused-ring (bicyclic) bond motifs is 1. The number of ether oxygens (including phenoxy) is 2. The van der Waals surface area contributed by atoms with Crippen molar-refractivity contribution in [3.63, 3.8) is 0 Å². The first-order valence-corrected chi connectivity index (χ1v) is 8.42. The maximum Gasteiger partial charge on any atom is 0.264 e. The van der Waals surface area contributed by atoms with Crippen molar-refractivity contribution in [1.82, 2.24) is 5.32 Å². The minimum atomic E-state index is -0.517. The lowest BCUT2D eigenvalue weighted by molar-refractivity contribution is -0.115. The molecule has 126 valence electrons. The van der Waals surface area contributed by atoms with Crippen LogP contribution in [0.1, 0.15) is 5.56 Å². The van der Waals surface area contributed by atoms with Gasteiger partial charge in [-0.1, -0.05) is 17.7 Å². The van der Waals surface area contributed by atoms with Gasteiger partial charge in [0, 0.05) is 0 Å². The van der Waals surface area contributed by atoms with Crippen molar-refractivity contribution >= 4 is 46.2 Å². The third-order valence-corrected chi connectivity index (χ3v) is 4.68. The lowest BCUT2D eigenvalue weighted by Crippen LogP contribution is -2.19. The molecule has 2 heterocycles. The van der Waals surface area contributed by atoms with Crippen molar-refractivity contribution in [3.05, 3.63) is 57.7 Å². The first-order chi connectivity index (χ1) is 12.1. The number of amides is 1. The highest BCUT2D eigenvalue weighted by atomic mass is 35.5. The van der Waals surface area contributed by atoms with Gasteiger partial charge in [-0.15, -0.1) is 0 Å². The number of aliphatic imine (C=N–C) groups is 1. The number of amidine groups is 1. The summed E-state index contributed by atoms with van der Waals surface area (Å²) in [7, 11) is 0. The van der Waals surface area contributed by atoms with Gasteiger partial charge in [-0.05, 0) is 53.7 Å². The molecule has 0 radical (unpaired) electrons. The molecule has 2 aromatic carbocycles. The van der Waals surface area contributed by atoms with Crippen LogP contribution in [0.15, 0.2) is 46.3 Å². The average molecular weight is 377 g/mol. The molecule has 2 aliphatic heterocycles. The number of hydrogen-bond acceptors (Lipinski definition) is 5. The van der Waals surface area contributed by atoms with Crippen molar-refractivity contribution in [2.45, 2.75) is 0 Å². The summed E-state index contributed by atoms with van der Waals surface area (Å²) in [5.41, 5.74) is 1.27. The molecule has 0 spiro atoms. The molecule has 0 atom stereocenters. The van der Waals surface area contributed by atoms with E-state index in [1.54, 1.807) is 18.2 Å². The van der Waals surface area contributed by atoms with Crippen LogP contribution in [0.3, 0.4) is 0 Å². The first kappa shape index (κ1) is 16.0. The second-order valence-electron chi connectivity index (χ2n) is 5.19.